The van der Waals surface area contributed by atoms with Crippen molar-refractivity contribution in [3.05, 3.63) is 47.2 Å². The minimum Gasteiger partial charge on any atom is -0.333 e. The molecule has 114 valence electrons. The van der Waals surface area contributed by atoms with Gasteiger partial charge < -0.3 is 4.52 Å². The van der Waals surface area contributed by atoms with Crippen molar-refractivity contribution < 1.29 is 17.7 Å². The topological polar surface area (TPSA) is 51.8 Å². The zero-order valence-electron chi connectivity index (χ0n) is 10.9. The first-order valence-electron chi connectivity index (χ1n) is 6.05. The second-order valence-corrected chi connectivity index (χ2v) is 6.11. The average Bonchev–Trinajstić information content (AvgIpc) is 3.15. The largest absolute Gasteiger partial charge is 0.417 e. The molecule has 3 rings (SSSR count). The van der Waals surface area contributed by atoms with Crippen molar-refractivity contribution >= 4 is 23.1 Å². The van der Waals surface area contributed by atoms with E-state index in [-0.39, 0.29) is 0 Å². The molecule has 0 radical (unpaired) electrons. The highest BCUT2D eigenvalue weighted by molar-refractivity contribution is 7.98. The molecule has 9 heteroatoms. The van der Waals surface area contributed by atoms with Gasteiger partial charge in [0.2, 0.25) is 0 Å². The Hall–Kier alpha value is -1.87. The highest BCUT2D eigenvalue weighted by Gasteiger charge is 2.30. The Kier molecular flexibility index (Phi) is 4.16. The Balaban J connectivity index is 1.63. The van der Waals surface area contributed by atoms with Gasteiger partial charge in [0.25, 0.3) is 5.89 Å². The van der Waals surface area contributed by atoms with E-state index >= 15 is 0 Å². The van der Waals surface area contributed by atoms with Gasteiger partial charge in [0.15, 0.2) is 5.82 Å². The van der Waals surface area contributed by atoms with Crippen molar-refractivity contribution in [2.75, 3.05) is 0 Å². The Labute approximate surface area is 131 Å². The molecule has 0 atom stereocenters. The van der Waals surface area contributed by atoms with E-state index in [1.165, 1.54) is 29.2 Å². The predicted octanol–water partition coefficient (Wildman–Crippen LogP) is 4.50. The fourth-order valence-corrected chi connectivity index (χ4v) is 2.92. The molecule has 3 aromatic rings. The average molecular weight is 343 g/mol. The molecule has 0 unspecified atom stereocenters. The number of rotatable bonds is 4. The summed E-state index contributed by atoms with van der Waals surface area (Å²) in [5.74, 6) is 1.27. The zero-order chi connectivity index (χ0) is 15.6. The van der Waals surface area contributed by atoms with Gasteiger partial charge in [0.05, 0.1) is 21.2 Å². The normalized spacial score (nSPS) is 11.8. The molecule has 4 nitrogen and oxygen atoms in total. The van der Waals surface area contributed by atoms with Crippen molar-refractivity contribution in [2.45, 2.75) is 17.0 Å². The molecule has 0 aliphatic carbocycles. The molecule has 0 N–H and O–H groups in total. The van der Waals surface area contributed by atoms with Gasteiger partial charge >= 0.3 is 6.18 Å². The van der Waals surface area contributed by atoms with E-state index in [1.54, 1.807) is 0 Å². The lowest BCUT2D eigenvalue weighted by Gasteiger charge is -2.05. The van der Waals surface area contributed by atoms with Gasteiger partial charge in [0, 0.05) is 6.20 Å². The van der Waals surface area contributed by atoms with Crippen molar-refractivity contribution in [3.63, 3.8) is 0 Å². The van der Waals surface area contributed by atoms with Gasteiger partial charge in [-0.1, -0.05) is 23.0 Å². The van der Waals surface area contributed by atoms with Crippen LogP contribution in [0.25, 0.3) is 10.8 Å². The first-order chi connectivity index (χ1) is 10.5. The van der Waals surface area contributed by atoms with Crippen molar-refractivity contribution in [1.29, 1.82) is 0 Å². The van der Waals surface area contributed by atoms with Crippen LogP contribution in [0.5, 0.6) is 0 Å². The summed E-state index contributed by atoms with van der Waals surface area (Å²) in [5, 5.41) is 6.21. The molecule has 3 heterocycles. The van der Waals surface area contributed by atoms with Gasteiger partial charge in [-0.05, 0) is 23.6 Å². The summed E-state index contributed by atoms with van der Waals surface area (Å²) >= 11 is 2.73. The van der Waals surface area contributed by atoms with Gasteiger partial charge in [-0.15, -0.1) is 11.3 Å². The summed E-state index contributed by atoms with van der Waals surface area (Å²) in [6.07, 6.45) is -3.56. The smallest absolute Gasteiger partial charge is 0.333 e. The van der Waals surface area contributed by atoms with E-state index in [4.69, 9.17) is 4.52 Å². The van der Waals surface area contributed by atoms with Crippen LogP contribution in [0, 0.1) is 0 Å². The molecule has 22 heavy (non-hydrogen) atoms. The van der Waals surface area contributed by atoms with Gasteiger partial charge in [-0.25, -0.2) is 4.98 Å². The maximum atomic E-state index is 12.4. The molecular weight excluding hydrogens is 335 g/mol. The van der Waals surface area contributed by atoms with E-state index in [9.17, 15) is 13.2 Å². The molecule has 0 saturated heterocycles. The van der Waals surface area contributed by atoms with Crippen LogP contribution in [0.1, 0.15) is 11.4 Å². The van der Waals surface area contributed by atoms with Crippen LogP contribution in [0.4, 0.5) is 13.2 Å². The summed E-state index contributed by atoms with van der Waals surface area (Å²) in [6, 6.07) is 6.08. The van der Waals surface area contributed by atoms with Crippen LogP contribution >= 0.6 is 23.1 Å². The number of pyridine rings is 1. The van der Waals surface area contributed by atoms with Crippen molar-refractivity contribution in [3.8, 4) is 10.8 Å². The molecule has 0 fully saturated rings. The third-order valence-corrected chi connectivity index (χ3v) is 4.41. The van der Waals surface area contributed by atoms with Crippen LogP contribution < -0.4 is 0 Å². The number of nitrogens with zero attached hydrogens (tertiary/aromatic N) is 3. The summed E-state index contributed by atoms with van der Waals surface area (Å²) in [7, 11) is 0. The number of hydrogen-bond acceptors (Lipinski definition) is 6. The van der Waals surface area contributed by atoms with Gasteiger partial charge in [-0.2, -0.15) is 18.2 Å². The lowest BCUT2D eigenvalue weighted by Crippen LogP contribution is -2.05. The molecular formula is C13H8F3N3OS2. The fraction of sp³-hybridized carbons (Fsp3) is 0.154. The van der Waals surface area contributed by atoms with Crippen LogP contribution in [0.2, 0.25) is 0 Å². The Morgan fingerprint density at radius 3 is 2.73 bits per heavy atom. The predicted molar refractivity (Wildman–Crippen MR) is 76.4 cm³/mol. The molecule has 0 saturated carbocycles. The van der Waals surface area contributed by atoms with E-state index < -0.39 is 11.7 Å². The van der Waals surface area contributed by atoms with Crippen LogP contribution in [0.3, 0.4) is 0 Å². The lowest BCUT2D eigenvalue weighted by molar-refractivity contribution is -0.137. The minimum absolute atomic E-state index is 0.368. The quantitative estimate of drug-likeness (QED) is 0.653. The van der Waals surface area contributed by atoms with E-state index in [0.29, 0.717) is 22.5 Å². The van der Waals surface area contributed by atoms with Crippen LogP contribution in [0.15, 0.2) is 45.4 Å². The number of thiophene rings is 1. The first-order valence-corrected chi connectivity index (χ1v) is 7.91. The van der Waals surface area contributed by atoms with Crippen molar-refractivity contribution in [1.82, 2.24) is 15.1 Å². The summed E-state index contributed by atoms with van der Waals surface area (Å²) < 4.78 is 42.4. The van der Waals surface area contributed by atoms with E-state index in [1.807, 2.05) is 17.5 Å². The second kappa shape index (κ2) is 6.09. The van der Waals surface area contributed by atoms with E-state index in [0.717, 1.165) is 17.1 Å². The van der Waals surface area contributed by atoms with Gasteiger partial charge in [-0.3, -0.25) is 0 Å². The van der Waals surface area contributed by atoms with Crippen LogP contribution in [-0.4, -0.2) is 15.1 Å². The lowest BCUT2D eigenvalue weighted by atomic mass is 10.3. The van der Waals surface area contributed by atoms with Gasteiger partial charge in [0.1, 0.15) is 0 Å². The standard InChI is InChI=1S/C13H8F3N3OS2/c14-13(15,16)8-3-4-11(17-6-8)22-7-10-18-12(20-19-10)9-2-1-5-21-9/h1-6H,7H2. The number of halogens is 3. The molecule has 0 amide bonds. The first kappa shape index (κ1) is 15.0. The monoisotopic (exact) mass is 343 g/mol. The molecule has 3 aromatic heterocycles. The third kappa shape index (κ3) is 3.47. The Bertz CT molecular complexity index is 739. The maximum absolute atomic E-state index is 12.4. The molecule has 0 aliphatic heterocycles. The number of thioether (sulfide) groups is 1. The number of alkyl halides is 3. The zero-order valence-corrected chi connectivity index (χ0v) is 12.5. The molecule has 0 aliphatic rings. The molecule has 0 spiro atoms. The highest BCUT2D eigenvalue weighted by atomic mass is 32.2. The van der Waals surface area contributed by atoms with Crippen molar-refractivity contribution in [2.24, 2.45) is 0 Å². The Morgan fingerprint density at radius 2 is 2.09 bits per heavy atom. The summed E-state index contributed by atoms with van der Waals surface area (Å²) in [5.41, 5.74) is -0.767. The third-order valence-electron chi connectivity index (χ3n) is 2.61. The fourth-order valence-electron chi connectivity index (χ4n) is 1.58. The maximum Gasteiger partial charge on any atom is 0.417 e. The molecule has 0 bridgehead atoms. The number of aromatic nitrogens is 3. The SMILES string of the molecule is FC(F)(F)c1ccc(SCc2noc(-c3cccs3)n2)nc1. The summed E-state index contributed by atoms with van der Waals surface area (Å²) in [4.78, 5) is 8.88. The number of hydrogen-bond donors (Lipinski definition) is 0. The van der Waals surface area contributed by atoms with E-state index in [2.05, 4.69) is 15.1 Å². The van der Waals surface area contributed by atoms with Crippen LogP contribution in [-0.2, 0) is 11.9 Å². The Morgan fingerprint density at radius 1 is 1.23 bits per heavy atom. The molecule has 0 aromatic carbocycles. The minimum atomic E-state index is -4.38. The second-order valence-electron chi connectivity index (χ2n) is 4.16. The highest BCUT2D eigenvalue weighted by Crippen LogP contribution is 2.30. The summed E-state index contributed by atoms with van der Waals surface area (Å²) in [6.45, 7) is 0.